The fraction of sp³-hybridized carbons (Fsp3) is 0.857. The summed E-state index contributed by atoms with van der Waals surface area (Å²) in [6.07, 6.45) is 1.98. The zero-order chi connectivity index (χ0) is 14.6. The van der Waals surface area contributed by atoms with Crippen LogP contribution in [0.3, 0.4) is 0 Å². The minimum Gasteiger partial charge on any atom is -0.481 e. The minimum absolute atomic E-state index is 0.0744. The van der Waals surface area contributed by atoms with Crippen molar-refractivity contribution in [2.24, 2.45) is 11.3 Å². The number of amides is 1. The Balaban J connectivity index is 2.64. The van der Waals surface area contributed by atoms with E-state index >= 15 is 0 Å². The van der Waals surface area contributed by atoms with Gasteiger partial charge in [-0.3, -0.25) is 9.59 Å². The van der Waals surface area contributed by atoms with Crippen LogP contribution in [0.5, 0.6) is 0 Å². The lowest BCUT2D eigenvalue weighted by Crippen LogP contribution is -2.52. The number of piperidine rings is 1. The molecule has 0 aromatic carbocycles. The van der Waals surface area contributed by atoms with Crippen LogP contribution in [0.15, 0.2) is 0 Å². The zero-order valence-electron chi connectivity index (χ0n) is 12.4. The third-order valence-corrected chi connectivity index (χ3v) is 3.67. The summed E-state index contributed by atoms with van der Waals surface area (Å²) in [4.78, 5) is 25.7. The van der Waals surface area contributed by atoms with Gasteiger partial charge in [-0.2, -0.15) is 0 Å². The van der Waals surface area contributed by atoms with Gasteiger partial charge in [-0.05, 0) is 31.3 Å². The summed E-state index contributed by atoms with van der Waals surface area (Å²) in [7, 11) is 0. The summed E-state index contributed by atoms with van der Waals surface area (Å²) < 4.78 is 0. The van der Waals surface area contributed by atoms with Crippen LogP contribution in [0.4, 0.5) is 0 Å². The maximum Gasteiger partial charge on any atom is 0.316 e. The SMILES string of the molecule is CCN1CCCC(NC(=O)C(C(=O)O)C(C)(C)C)C1. The quantitative estimate of drug-likeness (QED) is 0.756. The van der Waals surface area contributed by atoms with Crippen molar-refractivity contribution in [2.75, 3.05) is 19.6 Å². The first-order valence-corrected chi connectivity index (χ1v) is 7.01. The Hall–Kier alpha value is -1.10. The highest BCUT2D eigenvalue weighted by molar-refractivity contribution is 5.97. The van der Waals surface area contributed by atoms with Crippen molar-refractivity contribution in [2.45, 2.75) is 46.6 Å². The van der Waals surface area contributed by atoms with Crippen LogP contribution in [0.1, 0.15) is 40.5 Å². The molecule has 0 radical (unpaired) electrons. The van der Waals surface area contributed by atoms with Gasteiger partial charge in [0.15, 0.2) is 0 Å². The molecule has 5 nitrogen and oxygen atoms in total. The molecule has 110 valence electrons. The van der Waals surface area contributed by atoms with E-state index in [1.807, 2.05) is 0 Å². The topological polar surface area (TPSA) is 69.6 Å². The minimum atomic E-state index is -1.05. The number of nitrogens with zero attached hydrogens (tertiary/aromatic N) is 1. The average Bonchev–Trinajstić information content (AvgIpc) is 2.26. The Kier molecular flexibility index (Phi) is 5.35. The van der Waals surface area contributed by atoms with Crippen LogP contribution in [0.25, 0.3) is 0 Å². The molecule has 0 aromatic heterocycles. The van der Waals surface area contributed by atoms with Gasteiger partial charge in [0.1, 0.15) is 5.92 Å². The molecule has 2 N–H and O–H groups in total. The molecular formula is C14H26N2O3. The van der Waals surface area contributed by atoms with E-state index in [4.69, 9.17) is 0 Å². The molecule has 1 saturated heterocycles. The molecule has 0 bridgehead atoms. The van der Waals surface area contributed by atoms with Gasteiger partial charge in [0.05, 0.1) is 0 Å². The normalized spacial score (nSPS) is 22.8. The Morgan fingerprint density at radius 1 is 1.42 bits per heavy atom. The highest BCUT2D eigenvalue weighted by Gasteiger charge is 2.38. The first-order chi connectivity index (χ1) is 8.75. The second-order valence-corrected chi connectivity index (χ2v) is 6.38. The van der Waals surface area contributed by atoms with Crippen LogP contribution < -0.4 is 5.32 Å². The molecule has 19 heavy (non-hydrogen) atoms. The average molecular weight is 270 g/mol. The Morgan fingerprint density at radius 3 is 2.53 bits per heavy atom. The largest absolute Gasteiger partial charge is 0.481 e. The van der Waals surface area contributed by atoms with Gasteiger partial charge >= 0.3 is 5.97 Å². The van der Waals surface area contributed by atoms with E-state index in [0.29, 0.717) is 0 Å². The zero-order valence-corrected chi connectivity index (χ0v) is 12.4. The molecule has 0 aliphatic carbocycles. The van der Waals surface area contributed by atoms with Gasteiger partial charge in [-0.1, -0.05) is 27.7 Å². The van der Waals surface area contributed by atoms with Gasteiger partial charge in [0.2, 0.25) is 5.91 Å². The second kappa shape index (κ2) is 6.37. The number of hydrogen-bond acceptors (Lipinski definition) is 3. The third kappa shape index (κ3) is 4.49. The lowest BCUT2D eigenvalue weighted by Gasteiger charge is -2.34. The number of carbonyl (C=O) groups excluding carboxylic acids is 1. The summed E-state index contributed by atoms with van der Waals surface area (Å²) in [5.41, 5.74) is -0.574. The van der Waals surface area contributed by atoms with Crippen molar-refractivity contribution in [3.8, 4) is 0 Å². The molecule has 1 aliphatic heterocycles. The van der Waals surface area contributed by atoms with E-state index < -0.39 is 17.3 Å². The van der Waals surface area contributed by atoms with Crippen LogP contribution in [0.2, 0.25) is 0 Å². The van der Waals surface area contributed by atoms with Crippen molar-refractivity contribution in [1.82, 2.24) is 10.2 Å². The summed E-state index contributed by atoms with van der Waals surface area (Å²) in [5, 5.41) is 12.1. The number of carbonyl (C=O) groups is 2. The van der Waals surface area contributed by atoms with E-state index in [2.05, 4.69) is 17.1 Å². The summed E-state index contributed by atoms with van der Waals surface area (Å²) in [6, 6.07) is 0.0744. The number of carboxylic acids is 1. The summed E-state index contributed by atoms with van der Waals surface area (Å²) in [5.74, 6) is -2.40. The Morgan fingerprint density at radius 2 is 2.05 bits per heavy atom. The van der Waals surface area contributed by atoms with Gasteiger partial charge < -0.3 is 15.3 Å². The predicted octanol–water partition coefficient (Wildman–Crippen LogP) is 1.33. The monoisotopic (exact) mass is 270 g/mol. The van der Waals surface area contributed by atoms with Crippen molar-refractivity contribution in [3.63, 3.8) is 0 Å². The number of nitrogens with one attached hydrogen (secondary N) is 1. The molecule has 1 fully saturated rings. The molecular weight excluding hydrogens is 244 g/mol. The van der Waals surface area contributed by atoms with E-state index in [1.54, 1.807) is 20.8 Å². The molecule has 0 aromatic rings. The van der Waals surface area contributed by atoms with Gasteiger partial charge in [-0.15, -0.1) is 0 Å². The fourth-order valence-corrected chi connectivity index (χ4v) is 2.62. The van der Waals surface area contributed by atoms with E-state index in [1.165, 1.54) is 0 Å². The van der Waals surface area contributed by atoms with Crippen molar-refractivity contribution in [3.05, 3.63) is 0 Å². The van der Waals surface area contributed by atoms with Gasteiger partial charge in [0, 0.05) is 12.6 Å². The number of hydrogen-bond donors (Lipinski definition) is 2. The van der Waals surface area contributed by atoms with Crippen LogP contribution in [-0.2, 0) is 9.59 Å². The molecule has 0 spiro atoms. The van der Waals surface area contributed by atoms with Crippen LogP contribution in [0, 0.1) is 11.3 Å². The molecule has 2 atom stereocenters. The molecule has 5 heteroatoms. The molecule has 1 amide bonds. The van der Waals surface area contributed by atoms with Gasteiger partial charge in [-0.25, -0.2) is 0 Å². The molecule has 1 rings (SSSR count). The number of rotatable bonds is 4. The summed E-state index contributed by atoms with van der Waals surface area (Å²) in [6.45, 7) is 10.3. The van der Waals surface area contributed by atoms with Gasteiger partial charge in [0.25, 0.3) is 0 Å². The van der Waals surface area contributed by atoms with Crippen molar-refractivity contribution < 1.29 is 14.7 Å². The van der Waals surface area contributed by atoms with E-state index in [0.717, 1.165) is 32.5 Å². The van der Waals surface area contributed by atoms with Crippen LogP contribution in [-0.4, -0.2) is 47.6 Å². The summed E-state index contributed by atoms with van der Waals surface area (Å²) >= 11 is 0. The number of likely N-dealkylation sites (N-methyl/N-ethyl adjacent to an activating group) is 1. The maximum absolute atomic E-state index is 12.2. The van der Waals surface area contributed by atoms with E-state index in [9.17, 15) is 14.7 Å². The Bertz CT molecular complexity index is 336. The van der Waals surface area contributed by atoms with E-state index in [-0.39, 0.29) is 11.9 Å². The second-order valence-electron chi connectivity index (χ2n) is 6.38. The first kappa shape index (κ1) is 16.0. The Labute approximate surface area is 115 Å². The van der Waals surface area contributed by atoms with Crippen molar-refractivity contribution in [1.29, 1.82) is 0 Å². The molecule has 2 unspecified atom stereocenters. The maximum atomic E-state index is 12.2. The lowest BCUT2D eigenvalue weighted by molar-refractivity contribution is -0.151. The third-order valence-electron chi connectivity index (χ3n) is 3.67. The first-order valence-electron chi connectivity index (χ1n) is 7.01. The highest BCUT2D eigenvalue weighted by Crippen LogP contribution is 2.26. The number of carboxylic acid groups (broad SMARTS) is 1. The van der Waals surface area contributed by atoms with Crippen LogP contribution >= 0.6 is 0 Å². The number of aliphatic carboxylic acids is 1. The molecule has 1 aliphatic rings. The van der Waals surface area contributed by atoms with Crippen molar-refractivity contribution >= 4 is 11.9 Å². The predicted molar refractivity (Wildman–Crippen MR) is 73.9 cm³/mol. The lowest BCUT2D eigenvalue weighted by atomic mass is 9.80. The standard InChI is InChI=1S/C14H26N2O3/c1-5-16-8-6-7-10(9-16)15-12(17)11(13(18)19)14(2,3)4/h10-11H,5-9H2,1-4H3,(H,15,17)(H,18,19). The molecule has 1 heterocycles. The highest BCUT2D eigenvalue weighted by atomic mass is 16.4. The fourth-order valence-electron chi connectivity index (χ4n) is 2.62. The number of likely N-dealkylation sites (tertiary alicyclic amines) is 1. The smallest absolute Gasteiger partial charge is 0.316 e. The molecule has 0 saturated carbocycles.